The molecule has 2 aromatic rings. The topological polar surface area (TPSA) is 76.7 Å². The van der Waals surface area contributed by atoms with Crippen molar-refractivity contribution in [3.8, 4) is 0 Å². The Kier molecular flexibility index (Phi) is 4.35. The third kappa shape index (κ3) is 2.90. The van der Waals surface area contributed by atoms with Gasteiger partial charge in [-0.15, -0.1) is 11.3 Å². The summed E-state index contributed by atoms with van der Waals surface area (Å²) < 4.78 is 0. The van der Waals surface area contributed by atoms with Crippen LogP contribution in [0.4, 0.5) is 0 Å². The molecule has 5 nitrogen and oxygen atoms in total. The van der Waals surface area contributed by atoms with E-state index in [9.17, 15) is 0 Å². The van der Waals surface area contributed by atoms with Gasteiger partial charge in [-0.05, 0) is 25.0 Å². The van der Waals surface area contributed by atoms with Gasteiger partial charge in [-0.3, -0.25) is 11.3 Å². The standard InChI is InChI=1S/C12H17N5S/c1-3-10-9(6-8(2)16-17-10)11(15-13)7-12-14-4-5-18-12/h4-6,11,15H,3,7,13H2,1-2H3. The zero-order valence-corrected chi connectivity index (χ0v) is 11.4. The molecule has 0 saturated carbocycles. The summed E-state index contributed by atoms with van der Waals surface area (Å²) in [5.74, 6) is 5.67. The van der Waals surface area contributed by atoms with E-state index >= 15 is 0 Å². The average molecular weight is 263 g/mol. The molecule has 0 fully saturated rings. The first kappa shape index (κ1) is 13.1. The van der Waals surface area contributed by atoms with Crippen LogP contribution in [0.3, 0.4) is 0 Å². The summed E-state index contributed by atoms with van der Waals surface area (Å²) in [6, 6.07) is 2.07. The number of hydrogen-bond acceptors (Lipinski definition) is 6. The number of thiazole rings is 1. The van der Waals surface area contributed by atoms with Gasteiger partial charge in [-0.1, -0.05) is 6.92 Å². The number of hydrogen-bond donors (Lipinski definition) is 2. The van der Waals surface area contributed by atoms with Crippen molar-refractivity contribution in [2.75, 3.05) is 0 Å². The summed E-state index contributed by atoms with van der Waals surface area (Å²) in [6.45, 7) is 4.01. The quantitative estimate of drug-likeness (QED) is 0.632. The highest BCUT2D eigenvalue weighted by atomic mass is 32.1. The Morgan fingerprint density at radius 2 is 2.28 bits per heavy atom. The fraction of sp³-hybridized carbons (Fsp3) is 0.417. The zero-order chi connectivity index (χ0) is 13.0. The molecule has 0 amide bonds. The van der Waals surface area contributed by atoms with Gasteiger partial charge in [0.1, 0.15) is 0 Å². The normalized spacial score (nSPS) is 12.6. The predicted octanol–water partition coefficient (Wildman–Crippen LogP) is 1.55. The predicted molar refractivity (Wildman–Crippen MR) is 72.0 cm³/mol. The van der Waals surface area contributed by atoms with Crippen LogP contribution in [0.15, 0.2) is 17.6 Å². The number of aryl methyl sites for hydroxylation is 2. The molecule has 0 radical (unpaired) electrons. The molecule has 96 valence electrons. The van der Waals surface area contributed by atoms with E-state index in [1.54, 1.807) is 11.3 Å². The van der Waals surface area contributed by atoms with E-state index in [4.69, 9.17) is 5.84 Å². The monoisotopic (exact) mass is 263 g/mol. The number of rotatable bonds is 5. The summed E-state index contributed by atoms with van der Waals surface area (Å²) in [5, 5.41) is 11.4. The minimum absolute atomic E-state index is 0.0281. The molecular weight excluding hydrogens is 246 g/mol. The Morgan fingerprint density at radius 3 is 2.89 bits per heavy atom. The van der Waals surface area contributed by atoms with Gasteiger partial charge in [0.15, 0.2) is 0 Å². The molecular formula is C12H17N5S. The van der Waals surface area contributed by atoms with Crippen molar-refractivity contribution in [2.24, 2.45) is 5.84 Å². The highest BCUT2D eigenvalue weighted by molar-refractivity contribution is 7.09. The van der Waals surface area contributed by atoms with E-state index < -0.39 is 0 Å². The Morgan fingerprint density at radius 1 is 1.44 bits per heavy atom. The first-order chi connectivity index (χ1) is 8.74. The molecule has 2 heterocycles. The lowest BCUT2D eigenvalue weighted by Crippen LogP contribution is -2.30. The SMILES string of the molecule is CCc1nnc(C)cc1C(Cc1nccs1)NN. The van der Waals surface area contributed by atoms with Gasteiger partial charge < -0.3 is 0 Å². The maximum absolute atomic E-state index is 5.67. The largest absolute Gasteiger partial charge is 0.271 e. The molecule has 0 saturated heterocycles. The molecule has 0 bridgehead atoms. The van der Waals surface area contributed by atoms with Crippen LogP contribution < -0.4 is 11.3 Å². The van der Waals surface area contributed by atoms with E-state index in [1.807, 2.05) is 24.6 Å². The zero-order valence-electron chi connectivity index (χ0n) is 10.6. The molecule has 1 atom stereocenters. The Bertz CT molecular complexity index is 497. The van der Waals surface area contributed by atoms with Crippen molar-refractivity contribution in [1.82, 2.24) is 20.6 Å². The number of nitrogens with one attached hydrogen (secondary N) is 1. The third-order valence-electron chi connectivity index (χ3n) is 2.80. The Hall–Kier alpha value is -1.37. The molecule has 3 N–H and O–H groups in total. The van der Waals surface area contributed by atoms with Gasteiger partial charge in [-0.25, -0.2) is 4.98 Å². The minimum atomic E-state index is 0.0281. The van der Waals surface area contributed by atoms with Crippen molar-refractivity contribution in [3.63, 3.8) is 0 Å². The second-order valence-corrected chi connectivity index (χ2v) is 5.07. The van der Waals surface area contributed by atoms with Crippen molar-refractivity contribution < 1.29 is 0 Å². The highest BCUT2D eigenvalue weighted by Crippen LogP contribution is 2.22. The van der Waals surface area contributed by atoms with Crippen LogP contribution in [0.2, 0.25) is 0 Å². The van der Waals surface area contributed by atoms with E-state index in [0.29, 0.717) is 0 Å². The molecule has 0 aliphatic heterocycles. The smallest absolute Gasteiger partial charge is 0.0944 e. The highest BCUT2D eigenvalue weighted by Gasteiger charge is 2.17. The van der Waals surface area contributed by atoms with Crippen molar-refractivity contribution in [1.29, 1.82) is 0 Å². The van der Waals surface area contributed by atoms with E-state index in [-0.39, 0.29) is 6.04 Å². The molecule has 0 aliphatic rings. The van der Waals surface area contributed by atoms with Crippen LogP contribution in [0.1, 0.15) is 34.9 Å². The van der Waals surface area contributed by atoms with Gasteiger partial charge in [-0.2, -0.15) is 10.2 Å². The summed E-state index contributed by atoms with van der Waals surface area (Å²) in [7, 11) is 0. The van der Waals surface area contributed by atoms with Crippen LogP contribution in [0.5, 0.6) is 0 Å². The molecule has 1 unspecified atom stereocenters. The van der Waals surface area contributed by atoms with Gasteiger partial charge >= 0.3 is 0 Å². The van der Waals surface area contributed by atoms with Gasteiger partial charge in [0.25, 0.3) is 0 Å². The Labute approximate surface area is 110 Å². The summed E-state index contributed by atoms with van der Waals surface area (Å²) in [4.78, 5) is 4.29. The summed E-state index contributed by atoms with van der Waals surface area (Å²) in [5.41, 5.74) is 5.86. The lowest BCUT2D eigenvalue weighted by Gasteiger charge is -2.17. The first-order valence-corrected chi connectivity index (χ1v) is 6.80. The molecule has 0 spiro atoms. The molecule has 0 aromatic carbocycles. The van der Waals surface area contributed by atoms with E-state index in [1.165, 1.54) is 0 Å². The molecule has 0 aliphatic carbocycles. The summed E-state index contributed by atoms with van der Waals surface area (Å²) >= 11 is 1.64. The van der Waals surface area contributed by atoms with Crippen LogP contribution in [-0.2, 0) is 12.8 Å². The van der Waals surface area contributed by atoms with E-state index in [0.717, 1.165) is 34.8 Å². The number of nitrogens with two attached hydrogens (primary N) is 1. The average Bonchev–Trinajstić information content (AvgIpc) is 2.88. The van der Waals surface area contributed by atoms with Crippen molar-refractivity contribution >= 4 is 11.3 Å². The fourth-order valence-corrected chi connectivity index (χ4v) is 2.56. The van der Waals surface area contributed by atoms with Crippen LogP contribution in [0, 0.1) is 6.92 Å². The second-order valence-electron chi connectivity index (χ2n) is 4.09. The molecule has 6 heteroatoms. The van der Waals surface area contributed by atoms with Gasteiger partial charge in [0.05, 0.1) is 22.4 Å². The van der Waals surface area contributed by atoms with Gasteiger partial charge in [0.2, 0.25) is 0 Å². The first-order valence-electron chi connectivity index (χ1n) is 5.92. The summed E-state index contributed by atoms with van der Waals surface area (Å²) in [6.07, 6.45) is 3.43. The fourth-order valence-electron chi connectivity index (χ4n) is 1.90. The maximum atomic E-state index is 5.67. The lowest BCUT2D eigenvalue weighted by atomic mass is 10.0. The number of aromatic nitrogens is 3. The van der Waals surface area contributed by atoms with Gasteiger partial charge in [0, 0.05) is 18.0 Å². The minimum Gasteiger partial charge on any atom is -0.271 e. The van der Waals surface area contributed by atoms with Crippen LogP contribution in [0.25, 0.3) is 0 Å². The van der Waals surface area contributed by atoms with E-state index in [2.05, 4.69) is 27.5 Å². The van der Waals surface area contributed by atoms with Crippen molar-refractivity contribution in [2.45, 2.75) is 32.7 Å². The number of hydrazine groups is 1. The lowest BCUT2D eigenvalue weighted by molar-refractivity contribution is 0.540. The Balaban J connectivity index is 2.28. The number of nitrogens with zero attached hydrogens (tertiary/aromatic N) is 3. The third-order valence-corrected chi connectivity index (χ3v) is 3.60. The van der Waals surface area contributed by atoms with Crippen molar-refractivity contribution in [3.05, 3.63) is 39.6 Å². The second kappa shape index (κ2) is 5.99. The van der Waals surface area contributed by atoms with Crippen LogP contribution in [-0.4, -0.2) is 15.2 Å². The molecule has 2 rings (SSSR count). The van der Waals surface area contributed by atoms with Crippen LogP contribution >= 0.6 is 11.3 Å². The molecule has 18 heavy (non-hydrogen) atoms. The molecule has 2 aromatic heterocycles. The maximum Gasteiger partial charge on any atom is 0.0944 e.